The van der Waals surface area contributed by atoms with Crippen molar-refractivity contribution in [1.82, 2.24) is 4.98 Å². The van der Waals surface area contributed by atoms with Gasteiger partial charge in [-0.05, 0) is 48.4 Å². The monoisotopic (exact) mass is 544 g/mol. The molecular weight excluding hydrogens is 522 g/mol. The minimum Gasteiger partial charge on any atom is -0.457 e. The molecule has 0 bridgehead atoms. The van der Waals surface area contributed by atoms with Gasteiger partial charge in [-0.15, -0.1) is 0 Å². The highest BCUT2D eigenvalue weighted by Gasteiger charge is 2.73. The third kappa shape index (κ3) is 5.73. The van der Waals surface area contributed by atoms with E-state index in [0.717, 1.165) is 19.2 Å². The first-order chi connectivity index (χ1) is 17.9. The van der Waals surface area contributed by atoms with Gasteiger partial charge in [-0.1, -0.05) is 25.5 Å². The molecule has 3 rings (SSSR count). The topological polar surface area (TPSA) is 83.7 Å². The number of rotatable bonds is 10. The van der Waals surface area contributed by atoms with Crippen LogP contribution in [0, 0.1) is 10.1 Å². The van der Waals surface area contributed by atoms with Crippen LogP contribution in [0.2, 0.25) is 0 Å². The molecule has 0 spiro atoms. The number of alkyl halides is 6. The van der Waals surface area contributed by atoms with Gasteiger partial charge in [0.05, 0.1) is 16.2 Å². The number of nitro benzene ring substituents is 1. The number of aromatic nitrogens is 1. The van der Waals surface area contributed by atoms with Crippen LogP contribution in [0.5, 0.6) is 11.5 Å². The van der Waals surface area contributed by atoms with Crippen LogP contribution in [0.25, 0.3) is 11.3 Å². The molecule has 1 heterocycles. The van der Waals surface area contributed by atoms with Gasteiger partial charge >= 0.3 is 12.4 Å². The fraction of sp³-hybridized carbons (Fsp3) is 0.320. The van der Waals surface area contributed by atoms with Gasteiger partial charge in [0.15, 0.2) is 0 Å². The maximum Gasteiger partial charge on any atom is 0.430 e. The molecular formula is C25H22F6N2O5. The van der Waals surface area contributed by atoms with E-state index in [1.807, 2.05) is 0 Å². The van der Waals surface area contributed by atoms with E-state index in [-0.39, 0.29) is 40.4 Å². The van der Waals surface area contributed by atoms with E-state index in [2.05, 4.69) is 14.5 Å². The van der Waals surface area contributed by atoms with Crippen LogP contribution < -0.4 is 4.74 Å². The Morgan fingerprint density at radius 2 is 1.68 bits per heavy atom. The minimum atomic E-state index is -5.87. The molecule has 3 aromatic rings. The number of methoxy groups -OCH3 is 1. The van der Waals surface area contributed by atoms with Crippen molar-refractivity contribution in [2.75, 3.05) is 13.9 Å². The lowest BCUT2D eigenvalue weighted by Gasteiger charge is -2.37. The average Bonchev–Trinajstić information content (AvgIpc) is 2.84. The molecule has 2 aromatic carbocycles. The number of aryl methyl sites for hydroxylation is 1. The Bertz CT molecular complexity index is 1250. The van der Waals surface area contributed by atoms with Crippen LogP contribution in [0.3, 0.4) is 0 Å². The van der Waals surface area contributed by atoms with Crippen molar-refractivity contribution in [3.63, 3.8) is 0 Å². The summed E-state index contributed by atoms with van der Waals surface area (Å²) in [6.07, 6.45) is -9.87. The summed E-state index contributed by atoms with van der Waals surface area (Å²) in [5, 5.41) is 11.5. The predicted molar refractivity (Wildman–Crippen MR) is 124 cm³/mol. The summed E-state index contributed by atoms with van der Waals surface area (Å²) in [4.78, 5) is 15.0. The van der Waals surface area contributed by atoms with E-state index in [4.69, 9.17) is 4.74 Å². The molecule has 38 heavy (non-hydrogen) atoms. The smallest absolute Gasteiger partial charge is 0.430 e. The van der Waals surface area contributed by atoms with E-state index in [0.29, 0.717) is 12.5 Å². The predicted octanol–water partition coefficient (Wildman–Crippen LogP) is 7.34. The summed E-state index contributed by atoms with van der Waals surface area (Å²) in [6.45, 7) is 0.420. The Morgan fingerprint density at radius 3 is 2.24 bits per heavy atom. The van der Waals surface area contributed by atoms with Gasteiger partial charge in [-0.25, -0.2) is 0 Å². The quantitative estimate of drug-likeness (QED) is 0.115. The highest BCUT2D eigenvalue weighted by molar-refractivity contribution is 5.72. The zero-order valence-corrected chi connectivity index (χ0v) is 20.1. The molecule has 0 atom stereocenters. The average molecular weight is 544 g/mol. The van der Waals surface area contributed by atoms with Gasteiger partial charge < -0.3 is 14.2 Å². The standard InChI is InChI=1S/C25H22F6N2O5/c1-3-6-16-13-17(23(24(26,27)28,25(29,30)31)37-15-36-2)8-11-22(16)38-18-9-10-21(33(34)35)19(14-18)20-7-4-5-12-32-20/h4-5,7-14H,3,6,15H2,1-2H3. The van der Waals surface area contributed by atoms with E-state index in [1.54, 1.807) is 19.1 Å². The summed E-state index contributed by atoms with van der Waals surface area (Å²) in [7, 11) is 0.903. The molecule has 1 aromatic heterocycles. The summed E-state index contributed by atoms with van der Waals surface area (Å²) < 4.78 is 98.2. The first kappa shape index (κ1) is 28.9. The molecule has 0 saturated heterocycles. The van der Waals surface area contributed by atoms with Gasteiger partial charge in [0.1, 0.15) is 18.3 Å². The molecule has 0 N–H and O–H groups in total. The first-order valence-electron chi connectivity index (χ1n) is 11.1. The van der Waals surface area contributed by atoms with Gasteiger partial charge in [-0.3, -0.25) is 15.1 Å². The zero-order valence-electron chi connectivity index (χ0n) is 20.1. The molecule has 204 valence electrons. The number of ether oxygens (including phenoxy) is 3. The Kier molecular flexibility index (Phi) is 8.62. The zero-order chi connectivity index (χ0) is 28.1. The van der Waals surface area contributed by atoms with E-state index >= 15 is 0 Å². The number of pyridine rings is 1. The van der Waals surface area contributed by atoms with Crippen molar-refractivity contribution in [1.29, 1.82) is 0 Å². The molecule has 0 aliphatic carbocycles. The minimum absolute atomic E-state index is 0.0265. The van der Waals surface area contributed by atoms with Gasteiger partial charge in [0.2, 0.25) is 0 Å². The normalized spacial score (nSPS) is 12.4. The molecule has 0 amide bonds. The number of halogens is 6. The Balaban J connectivity index is 2.12. The molecule has 7 nitrogen and oxygen atoms in total. The van der Waals surface area contributed by atoms with Crippen LogP contribution in [-0.4, -0.2) is 36.2 Å². The highest BCUT2D eigenvalue weighted by atomic mass is 19.4. The van der Waals surface area contributed by atoms with Crippen LogP contribution in [-0.2, 0) is 21.5 Å². The van der Waals surface area contributed by atoms with Crippen molar-refractivity contribution in [3.8, 4) is 22.8 Å². The summed E-state index contributed by atoms with van der Waals surface area (Å²) >= 11 is 0. The Hall–Kier alpha value is -3.71. The lowest BCUT2D eigenvalue weighted by molar-refractivity contribution is -0.400. The van der Waals surface area contributed by atoms with Crippen molar-refractivity contribution >= 4 is 5.69 Å². The third-order valence-electron chi connectivity index (χ3n) is 5.51. The Morgan fingerprint density at radius 1 is 0.974 bits per heavy atom. The molecule has 0 radical (unpaired) electrons. The second-order valence-electron chi connectivity index (χ2n) is 8.05. The fourth-order valence-electron chi connectivity index (χ4n) is 3.84. The van der Waals surface area contributed by atoms with Crippen molar-refractivity contribution < 1.29 is 45.5 Å². The maximum atomic E-state index is 14.0. The van der Waals surface area contributed by atoms with Crippen molar-refractivity contribution in [2.24, 2.45) is 0 Å². The second-order valence-corrected chi connectivity index (χ2v) is 8.05. The van der Waals surface area contributed by atoms with E-state index in [1.165, 1.54) is 30.5 Å². The number of hydrogen-bond acceptors (Lipinski definition) is 6. The largest absolute Gasteiger partial charge is 0.457 e. The first-order valence-corrected chi connectivity index (χ1v) is 11.1. The van der Waals surface area contributed by atoms with Gasteiger partial charge in [0, 0.05) is 24.9 Å². The third-order valence-corrected chi connectivity index (χ3v) is 5.51. The fourth-order valence-corrected chi connectivity index (χ4v) is 3.84. The van der Waals surface area contributed by atoms with Gasteiger partial charge in [0.25, 0.3) is 11.3 Å². The molecule has 0 saturated carbocycles. The van der Waals surface area contributed by atoms with E-state index in [9.17, 15) is 36.5 Å². The van der Waals surface area contributed by atoms with Crippen LogP contribution in [0.1, 0.15) is 24.5 Å². The highest BCUT2D eigenvalue weighted by Crippen LogP contribution is 2.53. The maximum absolute atomic E-state index is 14.0. The SMILES string of the molecule is CCCc1cc(C(OCOC)(C(F)(F)F)C(F)(F)F)ccc1Oc1ccc([N+](=O)[O-])c(-c2ccccn2)c1. The molecule has 0 unspecified atom stereocenters. The van der Waals surface area contributed by atoms with Crippen LogP contribution in [0.4, 0.5) is 32.0 Å². The summed E-state index contributed by atoms with van der Waals surface area (Å²) in [5.41, 5.74) is -5.68. The van der Waals surface area contributed by atoms with Gasteiger partial charge in [-0.2, -0.15) is 26.3 Å². The van der Waals surface area contributed by atoms with Crippen LogP contribution >= 0.6 is 0 Å². The molecule has 0 fully saturated rings. The second kappa shape index (κ2) is 11.4. The number of nitrogens with zero attached hydrogens (tertiary/aromatic N) is 2. The van der Waals surface area contributed by atoms with E-state index < -0.39 is 35.2 Å². The Labute approximate surface area is 213 Å². The summed E-state index contributed by atoms with van der Waals surface area (Å²) in [5.74, 6) is 0.0382. The van der Waals surface area contributed by atoms with Crippen molar-refractivity contribution in [3.05, 3.63) is 82.0 Å². The molecule has 13 heteroatoms. The van der Waals surface area contributed by atoms with Crippen molar-refractivity contribution in [2.45, 2.75) is 37.7 Å². The number of hydrogen-bond donors (Lipinski definition) is 0. The number of benzene rings is 2. The lowest BCUT2D eigenvalue weighted by atomic mass is 9.89. The summed E-state index contributed by atoms with van der Waals surface area (Å²) in [6, 6.07) is 10.9. The lowest BCUT2D eigenvalue weighted by Crippen LogP contribution is -2.56. The number of nitro groups is 1. The van der Waals surface area contributed by atoms with Crippen LogP contribution in [0.15, 0.2) is 60.8 Å². The molecule has 0 aliphatic heterocycles. The molecule has 0 aliphatic rings.